The van der Waals surface area contributed by atoms with E-state index in [0.717, 1.165) is 37.0 Å². The minimum absolute atomic E-state index is 0. The number of carbonyl (C=O) groups is 2. The molecule has 3 saturated heterocycles. The number of hydrogen-bond acceptors (Lipinski definition) is 4. The van der Waals surface area contributed by atoms with Gasteiger partial charge in [-0.25, -0.2) is 4.79 Å². The predicted octanol–water partition coefficient (Wildman–Crippen LogP) is -0.0565. The summed E-state index contributed by atoms with van der Waals surface area (Å²) < 4.78 is 6.83. The van der Waals surface area contributed by atoms with Gasteiger partial charge in [-0.1, -0.05) is 60.7 Å². The van der Waals surface area contributed by atoms with Crippen LogP contribution in [0.15, 0.2) is 60.7 Å². The van der Waals surface area contributed by atoms with E-state index in [4.69, 9.17) is 9.84 Å². The first-order chi connectivity index (χ1) is 14.9. The van der Waals surface area contributed by atoms with Crippen molar-refractivity contribution in [2.45, 2.75) is 37.4 Å². The number of fused-ring (bicyclic) bond motifs is 3. The average molecular weight is 504 g/mol. The summed E-state index contributed by atoms with van der Waals surface area (Å²) in [5.41, 5.74) is -0.904. The van der Waals surface area contributed by atoms with Gasteiger partial charge >= 0.3 is 11.9 Å². The largest absolute Gasteiger partial charge is 1.00 e. The minimum Gasteiger partial charge on any atom is -1.00 e. The Kier molecular flexibility index (Phi) is 7.75. The molecule has 6 nitrogen and oxygen atoms in total. The van der Waals surface area contributed by atoms with Gasteiger partial charge in [-0.05, 0) is 11.1 Å². The summed E-state index contributed by atoms with van der Waals surface area (Å²) >= 11 is 0. The fraction of sp³-hybridized carbons (Fsp3) is 0.440. The monoisotopic (exact) mass is 503 g/mol. The average Bonchev–Trinajstić information content (AvgIpc) is 2.80. The van der Waals surface area contributed by atoms with Crippen LogP contribution in [0.3, 0.4) is 0 Å². The molecule has 2 bridgehead atoms. The zero-order chi connectivity index (χ0) is 21.9. The number of carbonyl (C=O) groups excluding carboxylic acids is 1. The molecule has 0 radical (unpaired) electrons. The number of halogens is 1. The standard InChI is InChI=1S/C25H29NO5.BrH/c27-23(28)12-7-15-26-16-13-19(14-17-26)22(18-26)31-24(29)25(30,20-8-3-1-4-9-20)21-10-5-2-6-11-21;/h1-6,8-11,19,22,30H,7,12-18H2;1H/t19?,22-,26?;/m0./s1. The molecule has 0 aromatic heterocycles. The number of aliphatic carboxylic acids is 1. The SMILES string of the molecule is O=C(O)CCC[N+]12CCC(CC1)[C@@H](OC(=O)C(O)(c1ccccc1)c1ccccc1)C2.[Br-]. The van der Waals surface area contributed by atoms with Crippen LogP contribution in [-0.2, 0) is 19.9 Å². The second kappa shape index (κ2) is 10.1. The summed E-state index contributed by atoms with van der Waals surface area (Å²) in [6.45, 7) is 3.48. The molecule has 3 aliphatic rings. The second-order valence-corrected chi connectivity index (χ2v) is 8.92. The topological polar surface area (TPSA) is 83.8 Å². The Labute approximate surface area is 199 Å². The quantitative estimate of drug-likeness (QED) is 0.389. The normalized spacial score (nSPS) is 24.4. The fourth-order valence-electron chi connectivity index (χ4n) is 5.22. The van der Waals surface area contributed by atoms with Crippen molar-refractivity contribution >= 4 is 11.9 Å². The van der Waals surface area contributed by atoms with Crippen LogP contribution in [0, 0.1) is 5.92 Å². The van der Waals surface area contributed by atoms with Crippen LogP contribution in [0.5, 0.6) is 0 Å². The van der Waals surface area contributed by atoms with Gasteiger partial charge in [-0.2, -0.15) is 0 Å². The molecule has 172 valence electrons. The molecule has 0 unspecified atom stereocenters. The van der Waals surface area contributed by atoms with Crippen molar-refractivity contribution in [3.05, 3.63) is 71.8 Å². The molecule has 0 spiro atoms. The number of benzene rings is 2. The van der Waals surface area contributed by atoms with E-state index >= 15 is 0 Å². The van der Waals surface area contributed by atoms with Crippen molar-refractivity contribution in [3.8, 4) is 0 Å². The van der Waals surface area contributed by atoms with E-state index in [1.807, 2.05) is 12.1 Å². The molecular formula is C25H30BrNO5. The van der Waals surface area contributed by atoms with E-state index in [1.165, 1.54) is 0 Å². The third-order valence-electron chi connectivity index (χ3n) is 7.00. The highest BCUT2D eigenvalue weighted by molar-refractivity contribution is 5.85. The van der Waals surface area contributed by atoms with E-state index in [-0.39, 0.29) is 29.5 Å². The lowest BCUT2D eigenvalue weighted by atomic mass is 9.82. The molecule has 1 atom stereocenters. The van der Waals surface area contributed by atoms with Crippen molar-refractivity contribution in [2.75, 3.05) is 26.2 Å². The highest BCUT2D eigenvalue weighted by Gasteiger charge is 2.50. The second-order valence-electron chi connectivity index (χ2n) is 8.92. The van der Waals surface area contributed by atoms with E-state index in [0.29, 0.717) is 30.0 Å². The summed E-state index contributed by atoms with van der Waals surface area (Å²) in [6.07, 6.45) is 2.44. The molecule has 2 aromatic rings. The molecule has 7 heteroatoms. The number of ether oxygens (including phenoxy) is 1. The Morgan fingerprint density at radius 2 is 1.50 bits per heavy atom. The van der Waals surface area contributed by atoms with Crippen LogP contribution < -0.4 is 17.0 Å². The molecular weight excluding hydrogens is 474 g/mol. The first-order valence-electron chi connectivity index (χ1n) is 11.0. The third-order valence-corrected chi connectivity index (χ3v) is 7.00. The molecule has 32 heavy (non-hydrogen) atoms. The number of aliphatic hydroxyl groups is 1. The number of hydrogen-bond donors (Lipinski definition) is 2. The summed E-state index contributed by atoms with van der Waals surface area (Å²) in [6, 6.07) is 17.9. The van der Waals surface area contributed by atoms with Gasteiger partial charge in [0.15, 0.2) is 6.10 Å². The molecule has 3 aliphatic heterocycles. The number of piperidine rings is 3. The number of carboxylic acid groups (broad SMARTS) is 1. The maximum absolute atomic E-state index is 13.5. The van der Waals surface area contributed by atoms with Crippen molar-refractivity contribution in [1.29, 1.82) is 0 Å². The third kappa shape index (κ3) is 4.90. The van der Waals surface area contributed by atoms with Crippen LogP contribution in [0.1, 0.15) is 36.8 Å². The molecule has 2 aromatic carbocycles. The zero-order valence-electron chi connectivity index (χ0n) is 18.0. The van der Waals surface area contributed by atoms with Crippen LogP contribution in [0.4, 0.5) is 0 Å². The van der Waals surface area contributed by atoms with E-state index in [1.54, 1.807) is 48.5 Å². The van der Waals surface area contributed by atoms with Crippen LogP contribution in [-0.4, -0.2) is 58.9 Å². The van der Waals surface area contributed by atoms with Gasteiger partial charge in [0.1, 0.15) is 6.54 Å². The van der Waals surface area contributed by atoms with Crippen molar-refractivity contribution in [3.63, 3.8) is 0 Å². The first kappa shape index (κ1) is 24.4. The summed E-state index contributed by atoms with van der Waals surface area (Å²) in [5, 5.41) is 20.6. The highest BCUT2D eigenvalue weighted by atomic mass is 79.9. The molecule has 5 rings (SSSR count). The van der Waals surface area contributed by atoms with Crippen LogP contribution >= 0.6 is 0 Å². The Hall–Kier alpha value is -2.22. The Balaban J connectivity index is 0.00000289. The van der Waals surface area contributed by atoms with Crippen molar-refractivity contribution in [1.82, 2.24) is 0 Å². The van der Waals surface area contributed by atoms with Gasteiger partial charge in [0.2, 0.25) is 5.60 Å². The molecule has 0 saturated carbocycles. The van der Waals surface area contributed by atoms with E-state index < -0.39 is 17.5 Å². The molecule has 2 N–H and O–H groups in total. The lowest BCUT2D eigenvalue weighted by Gasteiger charge is -2.52. The van der Waals surface area contributed by atoms with Crippen molar-refractivity contribution < 1.29 is 46.0 Å². The van der Waals surface area contributed by atoms with Crippen molar-refractivity contribution in [2.24, 2.45) is 5.92 Å². The molecule has 3 heterocycles. The van der Waals surface area contributed by atoms with Gasteiger partial charge in [0.05, 0.1) is 26.1 Å². The number of rotatable bonds is 8. The summed E-state index contributed by atoms with van der Waals surface area (Å²) in [7, 11) is 0. The number of esters is 1. The number of nitrogens with zero attached hydrogens (tertiary/aromatic N) is 1. The Morgan fingerprint density at radius 3 is 2.00 bits per heavy atom. The zero-order valence-corrected chi connectivity index (χ0v) is 19.6. The lowest BCUT2D eigenvalue weighted by Crippen LogP contribution is -3.00. The Bertz CT molecular complexity index is 873. The minimum atomic E-state index is -1.87. The van der Waals surface area contributed by atoms with Gasteiger partial charge in [-0.3, -0.25) is 4.79 Å². The Morgan fingerprint density at radius 1 is 0.969 bits per heavy atom. The summed E-state index contributed by atoms with van der Waals surface area (Å²) in [5.74, 6) is -1.13. The van der Waals surface area contributed by atoms with Gasteiger partial charge in [0, 0.05) is 25.2 Å². The smallest absolute Gasteiger partial charge is 0.348 e. The number of carboxylic acids is 1. The predicted molar refractivity (Wildman–Crippen MR) is 115 cm³/mol. The van der Waals surface area contributed by atoms with Crippen LogP contribution in [0.2, 0.25) is 0 Å². The van der Waals surface area contributed by atoms with Gasteiger partial charge < -0.3 is 36.4 Å². The van der Waals surface area contributed by atoms with Crippen LogP contribution in [0.25, 0.3) is 0 Å². The lowest BCUT2D eigenvalue weighted by molar-refractivity contribution is -0.946. The number of quaternary nitrogens is 1. The van der Waals surface area contributed by atoms with Gasteiger partial charge in [-0.15, -0.1) is 0 Å². The molecule has 0 aliphatic carbocycles. The molecule has 0 amide bonds. The summed E-state index contributed by atoms with van der Waals surface area (Å²) in [4.78, 5) is 24.4. The fourth-order valence-corrected chi connectivity index (χ4v) is 5.22. The maximum Gasteiger partial charge on any atom is 0.348 e. The molecule has 3 fully saturated rings. The van der Waals surface area contributed by atoms with Gasteiger partial charge in [0.25, 0.3) is 0 Å². The highest BCUT2D eigenvalue weighted by Crippen LogP contribution is 2.38. The first-order valence-corrected chi connectivity index (χ1v) is 11.0. The van der Waals surface area contributed by atoms with E-state index in [2.05, 4.69) is 0 Å². The van der Waals surface area contributed by atoms with E-state index in [9.17, 15) is 14.7 Å². The maximum atomic E-state index is 13.5.